The van der Waals surface area contributed by atoms with Crippen LogP contribution in [0.5, 0.6) is 0 Å². The molecule has 1 aromatic heterocycles. The quantitative estimate of drug-likeness (QED) is 0.516. The topological polar surface area (TPSA) is 16.1 Å². The number of fused-ring (bicyclic) bond motifs is 4. The van der Waals surface area contributed by atoms with Gasteiger partial charge in [-0.1, -0.05) is 64.1 Å². The van der Waals surface area contributed by atoms with Crippen molar-refractivity contribution in [2.75, 3.05) is 4.90 Å². The molecule has 0 amide bonds. The van der Waals surface area contributed by atoms with Crippen molar-refractivity contribution in [2.45, 2.75) is 38.5 Å². The van der Waals surface area contributed by atoms with E-state index < -0.39 is 0 Å². The molecule has 0 radical (unpaired) electrons. The zero-order valence-corrected chi connectivity index (χ0v) is 15.2. The molecule has 0 atom stereocenters. The van der Waals surface area contributed by atoms with Crippen molar-refractivity contribution >= 4 is 17.1 Å². The Morgan fingerprint density at radius 2 is 1.28 bits per heavy atom. The maximum absolute atomic E-state index is 4.46. The maximum atomic E-state index is 4.46. The van der Waals surface area contributed by atoms with Gasteiger partial charge in [-0.15, -0.1) is 0 Å². The molecular formula is C23H22N2. The fourth-order valence-corrected chi connectivity index (χ4v) is 4.74. The third-order valence-electron chi connectivity index (χ3n) is 6.14. The van der Waals surface area contributed by atoms with Gasteiger partial charge in [0.15, 0.2) is 0 Å². The van der Waals surface area contributed by atoms with Crippen LogP contribution in [0, 0.1) is 0 Å². The highest BCUT2D eigenvalue weighted by Gasteiger charge is 2.44. The Hall–Kier alpha value is -2.61. The largest absolute Gasteiger partial charge is 0.308 e. The molecule has 2 aromatic carbocycles. The van der Waals surface area contributed by atoms with Crippen molar-refractivity contribution in [3.63, 3.8) is 0 Å². The lowest BCUT2D eigenvalue weighted by Gasteiger charge is -2.49. The lowest BCUT2D eigenvalue weighted by atomic mass is 9.67. The fraction of sp³-hybridized carbons (Fsp3) is 0.261. The summed E-state index contributed by atoms with van der Waals surface area (Å²) in [4.78, 5) is 6.89. The lowest BCUT2D eigenvalue weighted by molar-refractivity contribution is 0.596. The average molecular weight is 326 g/mol. The van der Waals surface area contributed by atoms with Gasteiger partial charge in [-0.2, -0.15) is 0 Å². The second-order valence-corrected chi connectivity index (χ2v) is 8.20. The Morgan fingerprint density at radius 3 is 2.00 bits per heavy atom. The van der Waals surface area contributed by atoms with E-state index in [1.807, 2.05) is 12.4 Å². The molecule has 0 spiro atoms. The molecule has 3 aromatic rings. The van der Waals surface area contributed by atoms with E-state index in [4.69, 9.17) is 0 Å². The molecule has 25 heavy (non-hydrogen) atoms. The first-order valence-corrected chi connectivity index (χ1v) is 8.92. The molecule has 0 N–H and O–H groups in total. The Kier molecular flexibility index (Phi) is 2.66. The van der Waals surface area contributed by atoms with Gasteiger partial charge in [0, 0.05) is 17.0 Å². The van der Waals surface area contributed by atoms with Crippen LogP contribution < -0.4 is 4.90 Å². The number of rotatable bonds is 0. The third-order valence-corrected chi connectivity index (χ3v) is 6.14. The smallest absolute Gasteiger partial charge is 0.0686 e. The van der Waals surface area contributed by atoms with E-state index in [-0.39, 0.29) is 10.8 Å². The average Bonchev–Trinajstić information content (AvgIpc) is 2.61. The molecule has 2 aliphatic rings. The number of pyridine rings is 1. The van der Waals surface area contributed by atoms with Crippen molar-refractivity contribution in [1.29, 1.82) is 0 Å². The van der Waals surface area contributed by atoms with Crippen LogP contribution in [0.4, 0.5) is 17.1 Å². The van der Waals surface area contributed by atoms with E-state index in [9.17, 15) is 0 Å². The summed E-state index contributed by atoms with van der Waals surface area (Å²) in [6.07, 6.45) is 3.93. The minimum Gasteiger partial charge on any atom is -0.308 e. The van der Waals surface area contributed by atoms with Crippen LogP contribution in [-0.2, 0) is 10.8 Å². The summed E-state index contributed by atoms with van der Waals surface area (Å²) < 4.78 is 0. The Balaban J connectivity index is 1.97. The number of benzene rings is 2. The molecule has 124 valence electrons. The molecule has 2 nitrogen and oxygen atoms in total. The summed E-state index contributed by atoms with van der Waals surface area (Å²) in [6, 6.07) is 17.8. The second kappa shape index (κ2) is 4.51. The van der Waals surface area contributed by atoms with E-state index in [2.05, 4.69) is 86.1 Å². The van der Waals surface area contributed by atoms with Crippen LogP contribution in [0.1, 0.15) is 49.9 Å². The van der Waals surface area contributed by atoms with E-state index in [1.54, 1.807) is 0 Å². The van der Waals surface area contributed by atoms with Crippen molar-refractivity contribution in [2.24, 2.45) is 0 Å². The van der Waals surface area contributed by atoms with E-state index in [1.165, 1.54) is 39.3 Å². The van der Waals surface area contributed by atoms with Crippen LogP contribution in [0.15, 0.2) is 60.9 Å². The maximum Gasteiger partial charge on any atom is 0.0686 e. The lowest BCUT2D eigenvalue weighted by Crippen LogP contribution is -2.38. The zero-order chi connectivity index (χ0) is 17.4. The van der Waals surface area contributed by atoms with Crippen molar-refractivity contribution in [3.8, 4) is 0 Å². The molecule has 0 saturated carbocycles. The number of para-hydroxylation sites is 2. The molecule has 0 bridgehead atoms. The molecular weight excluding hydrogens is 304 g/mol. The molecule has 0 aliphatic carbocycles. The van der Waals surface area contributed by atoms with Gasteiger partial charge in [-0.05, 0) is 34.4 Å². The van der Waals surface area contributed by atoms with Crippen LogP contribution in [0.2, 0.25) is 0 Å². The molecule has 3 heterocycles. The summed E-state index contributed by atoms with van der Waals surface area (Å²) in [5.74, 6) is 0. The van der Waals surface area contributed by atoms with Gasteiger partial charge in [0.1, 0.15) is 0 Å². The summed E-state index contributed by atoms with van der Waals surface area (Å²) in [6.45, 7) is 9.33. The van der Waals surface area contributed by atoms with Gasteiger partial charge in [0.2, 0.25) is 0 Å². The first kappa shape index (κ1) is 14.7. The Bertz CT molecular complexity index is 936. The van der Waals surface area contributed by atoms with E-state index in [0.29, 0.717) is 0 Å². The number of nitrogens with zero attached hydrogens (tertiary/aromatic N) is 2. The highest BCUT2D eigenvalue weighted by molar-refractivity contribution is 5.92. The summed E-state index contributed by atoms with van der Waals surface area (Å²) >= 11 is 0. The monoisotopic (exact) mass is 326 g/mol. The third kappa shape index (κ3) is 1.67. The van der Waals surface area contributed by atoms with Gasteiger partial charge in [0.05, 0.1) is 23.3 Å². The van der Waals surface area contributed by atoms with Gasteiger partial charge in [-0.25, -0.2) is 0 Å². The first-order valence-electron chi connectivity index (χ1n) is 8.92. The van der Waals surface area contributed by atoms with Gasteiger partial charge < -0.3 is 4.90 Å². The van der Waals surface area contributed by atoms with E-state index in [0.717, 1.165) is 0 Å². The van der Waals surface area contributed by atoms with Crippen LogP contribution in [0.3, 0.4) is 0 Å². The summed E-state index contributed by atoms with van der Waals surface area (Å²) in [5.41, 5.74) is 9.26. The number of aromatic nitrogens is 1. The first-order chi connectivity index (χ1) is 11.9. The van der Waals surface area contributed by atoms with E-state index >= 15 is 0 Å². The van der Waals surface area contributed by atoms with Crippen LogP contribution in [-0.4, -0.2) is 4.98 Å². The van der Waals surface area contributed by atoms with Gasteiger partial charge in [0.25, 0.3) is 0 Å². The highest BCUT2D eigenvalue weighted by Crippen LogP contribution is 2.59. The molecule has 0 unspecified atom stereocenters. The number of anilines is 3. The minimum atomic E-state index is -0.0392. The highest BCUT2D eigenvalue weighted by atomic mass is 15.2. The van der Waals surface area contributed by atoms with Crippen molar-refractivity contribution < 1.29 is 0 Å². The number of hydrogen-bond acceptors (Lipinski definition) is 2. The van der Waals surface area contributed by atoms with Crippen LogP contribution >= 0.6 is 0 Å². The van der Waals surface area contributed by atoms with Gasteiger partial charge >= 0.3 is 0 Å². The predicted octanol–water partition coefficient (Wildman–Crippen LogP) is 5.83. The summed E-state index contributed by atoms with van der Waals surface area (Å²) in [5, 5.41) is 0. The zero-order valence-electron chi connectivity index (χ0n) is 15.2. The molecule has 5 rings (SSSR count). The SMILES string of the molecule is CC1(C)c2ccccc2N2c3cnccc3C(C)(C)c3cccc1c32. The standard InChI is InChI=1S/C23H22N2/c1-22(2)15-8-5-6-11-19(15)25-20-14-24-13-12-16(20)23(3,4)18-10-7-9-17(22)21(18)25/h5-14H,1-4H3. The predicted molar refractivity (Wildman–Crippen MR) is 103 cm³/mol. The van der Waals surface area contributed by atoms with Crippen LogP contribution in [0.25, 0.3) is 0 Å². The molecule has 0 saturated heterocycles. The molecule has 2 heteroatoms. The minimum absolute atomic E-state index is 0.0196. The Labute approximate surface area is 149 Å². The second-order valence-electron chi connectivity index (χ2n) is 8.20. The fourth-order valence-electron chi connectivity index (χ4n) is 4.74. The molecule has 0 fully saturated rings. The summed E-state index contributed by atoms with van der Waals surface area (Å²) in [7, 11) is 0. The van der Waals surface area contributed by atoms with Gasteiger partial charge in [-0.3, -0.25) is 4.98 Å². The normalized spacial score (nSPS) is 18.2. The van der Waals surface area contributed by atoms with Crippen molar-refractivity contribution in [1.82, 2.24) is 4.98 Å². The Morgan fingerprint density at radius 1 is 0.680 bits per heavy atom. The number of hydrogen-bond donors (Lipinski definition) is 0. The molecule has 2 aliphatic heterocycles. The van der Waals surface area contributed by atoms with Crippen molar-refractivity contribution in [3.05, 3.63) is 83.2 Å².